The van der Waals surface area contributed by atoms with Crippen molar-refractivity contribution in [2.75, 3.05) is 6.54 Å². The second kappa shape index (κ2) is 7.06. The van der Waals surface area contributed by atoms with Gasteiger partial charge in [0.15, 0.2) is 0 Å². The lowest BCUT2D eigenvalue weighted by Crippen LogP contribution is -2.41. The van der Waals surface area contributed by atoms with E-state index in [2.05, 4.69) is 65.9 Å². The van der Waals surface area contributed by atoms with E-state index < -0.39 is 0 Å². The molecule has 112 valence electrons. The maximum absolute atomic E-state index is 6.33. The first kappa shape index (κ1) is 16.0. The number of hydrogen-bond acceptors (Lipinski definition) is 2. The Kier molecular flexibility index (Phi) is 5.65. The van der Waals surface area contributed by atoms with E-state index in [-0.39, 0.29) is 6.04 Å². The Morgan fingerprint density at radius 1 is 1.20 bits per heavy atom. The number of nitrogens with two attached hydrogens (primary N) is 1. The average Bonchev–Trinajstić information content (AvgIpc) is 3.19. The van der Waals surface area contributed by atoms with Crippen LogP contribution in [0.1, 0.15) is 51.6 Å². The molecule has 2 N–H and O–H groups in total. The Morgan fingerprint density at radius 3 is 2.25 bits per heavy atom. The molecule has 20 heavy (non-hydrogen) atoms. The van der Waals surface area contributed by atoms with Crippen LogP contribution < -0.4 is 5.73 Å². The highest BCUT2D eigenvalue weighted by Crippen LogP contribution is 2.36. The van der Waals surface area contributed by atoms with Gasteiger partial charge in [0.25, 0.3) is 0 Å². The van der Waals surface area contributed by atoms with Crippen molar-refractivity contribution in [1.82, 2.24) is 4.90 Å². The summed E-state index contributed by atoms with van der Waals surface area (Å²) in [5.41, 5.74) is 7.67. The van der Waals surface area contributed by atoms with Crippen LogP contribution in [0.2, 0.25) is 0 Å². The second-order valence-corrected chi connectivity index (χ2v) is 7.42. The fourth-order valence-corrected chi connectivity index (χ4v) is 3.08. The van der Waals surface area contributed by atoms with Crippen LogP contribution in [0.4, 0.5) is 0 Å². The lowest BCUT2D eigenvalue weighted by Gasteiger charge is -2.35. The summed E-state index contributed by atoms with van der Waals surface area (Å²) in [7, 11) is 0. The van der Waals surface area contributed by atoms with Gasteiger partial charge in [-0.05, 0) is 56.3 Å². The maximum atomic E-state index is 6.33. The molecule has 1 aromatic carbocycles. The van der Waals surface area contributed by atoms with Crippen molar-refractivity contribution < 1.29 is 0 Å². The molecule has 2 rings (SSSR count). The molecule has 1 fully saturated rings. The molecule has 1 aliphatic carbocycles. The third-order valence-corrected chi connectivity index (χ3v) is 4.58. The van der Waals surface area contributed by atoms with Crippen molar-refractivity contribution in [1.29, 1.82) is 0 Å². The normalized spacial score (nSPS) is 18.6. The van der Waals surface area contributed by atoms with E-state index in [0.717, 1.165) is 23.0 Å². The molecule has 1 aromatic rings. The van der Waals surface area contributed by atoms with Crippen molar-refractivity contribution in [3.63, 3.8) is 0 Å². The highest BCUT2D eigenvalue weighted by Gasteiger charge is 2.35. The zero-order valence-electron chi connectivity index (χ0n) is 12.8. The summed E-state index contributed by atoms with van der Waals surface area (Å²) in [4.78, 5) is 2.65. The maximum Gasteiger partial charge on any atom is 0.0499 e. The lowest BCUT2D eigenvalue weighted by molar-refractivity contribution is 0.157. The number of rotatable bonds is 7. The predicted octanol–water partition coefficient (Wildman–Crippen LogP) is 4.35. The molecule has 2 unspecified atom stereocenters. The number of hydrogen-bond donors (Lipinski definition) is 1. The number of halogens is 1. The highest BCUT2D eigenvalue weighted by molar-refractivity contribution is 9.10. The molecule has 1 saturated carbocycles. The summed E-state index contributed by atoms with van der Waals surface area (Å²) in [6.07, 6.45) is 3.91. The van der Waals surface area contributed by atoms with Crippen LogP contribution in [-0.2, 0) is 0 Å². The monoisotopic (exact) mass is 338 g/mol. The molecule has 1 aliphatic rings. The molecular weight excluding hydrogens is 312 g/mol. The average molecular weight is 339 g/mol. The Labute approximate surface area is 131 Å². The van der Waals surface area contributed by atoms with Crippen LogP contribution in [0.3, 0.4) is 0 Å². The summed E-state index contributed by atoms with van der Waals surface area (Å²) in [5.74, 6) is 0.745. The third-order valence-electron chi connectivity index (χ3n) is 4.05. The summed E-state index contributed by atoms with van der Waals surface area (Å²) >= 11 is 3.51. The molecule has 2 atom stereocenters. The molecule has 0 spiro atoms. The molecule has 0 amide bonds. The predicted molar refractivity (Wildman–Crippen MR) is 89.7 cm³/mol. The molecule has 0 aliphatic heterocycles. The van der Waals surface area contributed by atoms with Gasteiger partial charge in [0.05, 0.1) is 0 Å². The van der Waals surface area contributed by atoms with Crippen molar-refractivity contribution in [2.45, 2.75) is 58.2 Å². The minimum atomic E-state index is 0.156. The molecule has 0 bridgehead atoms. The molecule has 0 heterocycles. The van der Waals surface area contributed by atoms with Gasteiger partial charge >= 0.3 is 0 Å². The van der Waals surface area contributed by atoms with Crippen LogP contribution in [0, 0.1) is 5.92 Å². The van der Waals surface area contributed by atoms with Crippen LogP contribution in [0.25, 0.3) is 0 Å². The molecule has 0 radical (unpaired) electrons. The van der Waals surface area contributed by atoms with E-state index in [1.807, 2.05) is 0 Å². The minimum Gasteiger partial charge on any atom is -0.326 e. The summed E-state index contributed by atoms with van der Waals surface area (Å²) in [5, 5.41) is 0. The van der Waals surface area contributed by atoms with Crippen LogP contribution >= 0.6 is 15.9 Å². The second-order valence-electron chi connectivity index (χ2n) is 6.51. The fraction of sp³-hybridized carbons (Fsp3) is 0.647. The largest absolute Gasteiger partial charge is 0.326 e. The molecule has 0 saturated heterocycles. The Hall–Kier alpha value is -0.380. The number of nitrogens with zero attached hydrogens (tertiary/aromatic N) is 1. The van der Waals surface area contributed by atoms with Crippen molar-refractivity contribution >= 4 is 15.9 Å². The van der Waals surface area contributed by atoms with Crippen molar-refractivity contribution in [3.05, 3.63) is 34.3 Å². The van der Waals surface area contributed by atoms with Crippen molar-refractivity contribution in [3.8, 4) is 0 Å². The van der Waals surface area contributed by atoms with Crippen LogP contribution in [0.5, 0.6) is 0 Å². The first-order valence-electron chi connectivity index (χ1n) is 7.76. The van der Waals surface area contributed by atoms with Gasteiger partial charge < -0.3 is 5.73 Å². The first-order valence-corrected chi connectivity index (χ1v) is 8.55. The van der Waals surface area contributed by atoms with Gasteiger partial charge in [-0.2, -0.15) is 0 Å². The number of benzene rings is 1. The van der Waals surface area contributed by atoms with E-state index in [9.17, 15) is 0 Å². The van der Waals surface area contributed by atoms with Gasteiger partial charge in [0.1, 0.15) is 0 Å². The molecule has 0 aromatic heterocycles. The minimum absolute atomic E-state index is 0.156. The quantitative estimate of drug-likeness (QED) is 0.800. The zero-order valence-corrected chi connectivity index (χ0v) is 14.4. The lowest BCUT2D eigenvalue weighted by atomic mass is 9.98. The summed E-state index contributed by atoms with van der Waals surface area (Å²) < 4.78 is 1.13. The third kappa shape index (κ3) is 4.31. The Bertz CT molecular complexity index is 410. The Balaban J connectivity index is 2.17. The summed E-state index contributed by atoms with van der Waals surface area (Å²) in [6.45, 7) is 7.89. The van der Waals surface area contributed by atoms with Gasteiger partial charge in [0.2, 0.25) is 0 Å². The van der Waals surface area contributed by atoms with Gasteiger partial charge in [0, 0.05) is 22.6 Å². The van der Waals surface area contributed by atoms with Gasteiger partial charge in [-0.3, -0.25) is 4.90 Å². The van der Waals surface area contributed by atoms with E-state index in [4.69, 9.17) is 5.73 Å². The molecule has 3 heteroatoms. The van der Waals surface area contributed by atoms with Crippen molar-refractivity contribution in [2.24, 2.45) is 11.7 Å². The topological polar surface area (TPSA) is 29.3 Å². The smallest absolute Gasteiger partial charge is 0.0499 e. The fourth-order valence-electron chi connectivity index (χ4n) is 2.82. The van der Waals surface area contributed by atoms with E-state index >= 15 is 0 Å². The van der Waals surface area contributed by atoms with Gasteiger partial charge in [-0.25, -0.2) is 0 Å². The van der Waals surface area contributed by atoms with Gasteiger partial charge in [-0.15, -0.1) is 0 Å². The first-order chi connectivity index (χ1) is 9.49. The van der Waals surface area contributed by atoms with Crippen LogP contribution in [0.15, 0.2) is 28.7 Å². The SMILES string of the molecule is CC(C)CCN(C1CC1)C(c1ccc(Br)cc1)C(C)N. The molecule has 2 nitrogen and oxygen atoms in total. The Morgan fingerprint density at radius 2 is 1.80 bits per heavy atom. The standard InChI is InChI=1S/C17H27BrN2/c1-12(2)10-11-20(16-8-9-16)17(13(3)19)14-4-6-15(18)7-5-14/h4-7,12-13,16-17H,8-11,19H2,1-3H3. The van der Waals surface area contributed by atoms with Crippen LogP contribution in [-0.4, -0.2) is 23.5 Å². The van der Waals surface area contributed by atoms with Gasteiger partial charge in [-0.1, -0.05) is 41.9 Å². The van der Waals surface area contributed by atoms with E-state index in [0.29, 0.717) is 6.04 Å². The molecular formula is C17H27BrN2. The zero-order chi connectivity index (χ0) is 14.7. The summed E-state index contributed by atoms with van der Waals surface area (Å²) in [6, 6.07) is 9.91. The van der Waals surface area contributed by atoms with E-state index in [1.165, 1.54) is 24.8 Å². The highest BCUT2D eigenvalue weighted by atomic mass is 79.9. The van der Waals surface area contributed by atoms with E-state index in [1.54, 1.807) is 0 Å².